The van der Waals surface area contributed by atoms with Crippen LogP contribution in [0.5, 0.6) is 5.75 Å². The lowest BCUT2D eigenvalue weighted by Gasteiger charge is -2.28. The third-order valence-corrected chi connectivity index (χ3v) is 7.24. The molecule has 3 aromatic carbocycles. The lowest BCUT2D eigenvalue weighted by Crippen LogP contribution is -2.44. The van der Waals surface area contributed by atoms with Gasteiger partial charge in [-0.3, -0.25) is 9.59 Å². The molecule has 0 aliphatic rings. The van der Waals surface area contributed by atoms with Gasteiger partial charge >= 0.3 is 0 Å². The molecule has 4 aromatic rings. The fraction of sp³-hybridized carbons (Fsp3) is 0.290. The number of aromatic nitrogens is 1. The maximum Gasteiger partial charge on any atom is 0.254 e. The molecule has 7 nitrogen and oxygen atoms in total. The van der Waals surface area contributed by atoms with E-state index in [-0.39, 0.29) is 18.4 Å². The number of benzene rings is 3. The van der Waals surface area contributed by atoms with Crippen molar-refractivity contribution in [2.24, 2.45) is 0 Å². The number of carbonyl (C=O) groups excluding carboxylic acids is 2. The smallest absolute Gasteiger partial charge is 0.254 e. The molecular formula is C31H34BrN3O4. The van der Waals surface area contributed by atoms with E-state index in [0.29, 0.717) is 44.6 Å². The molecule has 0 spiro atoms. The van der Waals surface area contributed by atoms with Crippen molar-refractivity contribution >= 4 is 38.6 Å². The number of amides is 2. The maximum absolute atomic E-state index is 13.8. The van der Waals surface area contributed by atoms with Crippen LogP contribution in [-0.2, 0) is 22.5 Å². The van der Waals surface area contributed by atoms with Gasteiger partial charge in [0.1, 0.15) is 12.3 Å². The van der Waals surface area contributed by atoms with E-state index in [1.54, 1.807) is 31.3 Å². The van der Waals surface area contributed by atoms with Crippen LogP contribution in [0.2, 0.25) is 0 Å². The van der Waals surface area contributed by atoms with E-state index in [9.17, 15) is 9.59 Å². The molecule has 0 bridgehead atoms. The van der Waals surface area contributed by atoms with Gasteiger partial charge in [0, 0.05) is 66.1 Å². The number of carbonyl (C=O) groups is 2. The van der Waals surface area contributed by atoms with Gasteiger partial charge in [0.2, 0.25) is 5.91 Å². The van der Waals surface area contributed by atoms with Crippen molar-refractivity contribution < 1.29 is 19.1 Å². The molecule has 8 heteroatoms. The fourth-order valence-electron chi connectivity index (χ4n) is 4.62. The summed E-state index contributed by atoms with van der Waals surface area (Å²) in [5, 5.41) is 1.15. The van der Waals surface area contributed by atoms with Crippen molar-refractivity contribution in [2.45, 2.75) is 19.4 Å². The van der Waals surface area contributed by atoms with E-state index < -0.39 is 0 Å². The van der Waals surface area contributed by atoms with Crippen LogP contribution in [0.3, 0.4) is 0 Å². The van der Waals surface area contributed by atoms with E-state index in [4.69, 9.17) is 9.47 Å². The minimum Gasteiger partial charge on any atom is -0.496 e. The van der Waals surface area contributed by atoms with E-state index in [1.807, 2.05) is 65.7 Å². The second-order valence-electron chi connectivity index (χ2n) is 9.32. The number of fused-ring (bicyclic) bond motifs is 1. The van der Waals surface area contributed by atoms with Crippen LogP contribution in [0.4, 0.5) is 0 Å². The highest BCUT2D eigenvalue weighted by atomic mass is 79.9. The quantitative estimate of drug-likeness (QED) is 0.203. The Morgan fingerprint density at radius 3 is 2.38 bits per heavy atom. The molecule has 0 unspecified atom stereocenters. The monoisotopic (exact) mass is 591 g/mol. The standard InChI is InChI=1S/C31H34BrN3O4/c1-38-19-7-17-35(31(37)23-12-14-26(32)15-13-23)22-30(36)34(21-25-8-3-6-11-29(25)39-2)18-16-24-20-33-28-10-5-4-9-27(24)28/h3-6,8-15,20,33H,7,16-19,21-22H2,1-2H3. The molecule has 1 N–H and O–H groups in total. The van der Waals surface area contributed by atoms with E-state index in [2.05, 4.69) is 27.0 Å². The number of aromatic amines is 1. The fourth-order valence-corrected chi connectivity index (χ4v) is 4.88. The first kappa shape index (κ1) is 28.4. The van der Waals surface area contributed by atoms with Crippen LogP contribution in [0, 0.1) is 0 Å². The maximum atomic E-state index is 13.8. The molecule has 0 atom stereocenters. The predicted octanol–water partition coefficient (Wildman–Crippen LogP) is 5.69. The molecule has 2 amide bonds. The Bertz CT molecular complexity index is 1390. The number of hydrogen-bond donors (Lipinski definition) is 1. The number of rotatable bonds is 13. The second kappa shape index (κ2) is 14.0. The summed E-state index contributed by atoms with van der Waals surface area (Å²) < 4.78 is 11.7. The van der Waals surface area contributed by atoms with Crippen molar-refractivity contribution in [3.8, 4) is 5.75 Å². The van der Waals surface area contributed by atoms with Gasteiger partial charge in [0.05, 0.1) is 7.11 Å². The summed E-state index contributed by atoms with van der Waals surface area (Å²) in [6.07, 6.45) is 3.31. The van der Waals surface area contributed by atoms with Gasteiger partial charge < -0.3 is 24.3 Å². The number of nitrogens with one attached hydrogen (secondary N) is 1. The minimum atomic E-state index is -0.180. The van der Waals surface area contributed by atoms with Crippen molar-refractivity contribution in [2.75, 3.05) is 40.5 Å². The number of H-pyrrole nitrogens is 1. The first-order valence-corrected chi connectivity index (χ1v) is 13.8. The molecule has 0 radical (unpaired) electrons. The third kappa shape index (κ3) is 7.49. The van der Waals surface area contributed by atoms with Crippen LogP contribution in [0.1, 0.15) is 27.9 Å². The van der Waals surface area contributed by atoms with Crippen molar-refractivity contribution in [1.29, 1.82) is 0 Å². The van der Waals surface area contributed by atoms with Crippen molar-refractivity contribution in [3.05, 3.63) is 100 Å². The molecule has 0 saturated heterocycles. The number of para-hydroxylation sites is 2. The molecule has 0 fully saturated rings. The van der Waals surface area contributed by atoms with Gasteiger partial charge in [-0.1, -0.05) is 52.3 Å². The molecule has 1 heterocycles. The Hall–Kier alpha value is -3.62. The van der Waals surface area contributed by atoms with Crippen LogP contribution in [-0.4, -0.2) is 67.1 Å². The highest BCUT2D eigenvalue weighted by Crippen LogP contribution is 2.22. The van der Waals surface area contributed by atoms with Crippen LogP contribution < -0.4 is 4.74 Å². The lowest BCUT2D eigenvalue weighted by molar-refractivity contribution is -0.132. The van der Waals surface area contributed by atoms with Gasteiger partial charge in [-0.15, -0.1) is 0 Å². The zero-order valence-electron chi connectivity index (χ0n) is 22.4. The second-order valence-corrected chi connectivity index (χ2v) is 10.2. The SMILES string of the molecule is COCCCN(CC(=O)N(CCc1c[nH]c2ccccc12)Cc1ccccc1OC)C(=O)c1ccc(Br)cc1. The molecule has 0 aliphatic carbocycles. The summed E-state index contributed by atoms with van der Waals surface area (Å²) in [4.78, 5) is 34.0. The van der Waals surface area contributed by atoms with E-state index in [0.717, 1.165) is 32.3 Å². The van der Waals surface area contributed by atoms with E-state index in [1.165, 1.54) is 0 Å². The minimum absolute atomic E-state index is 0.0261. The van der Waals surface area contributed by atoms with Crippen molar-refractivity contribution in [1.82, 2.24) is 14.8 Å². The largest absolute Gasteiger partial charge is 0.496 e. The predicted molar refractivity (Wildman–Crippen MR) is 157 cm³/mol. The third-order valence-electron chi connectivity index (χ3n) is 6.71. The number of hydrogen-bond acceptors (Lipinski definition) is 4. The highest BCUT2D eigenvalue weighted by molar-refractivity contribution is 9.10. The van der Waals surface area contributed by atoms with Crippen LogP contribution in [0.15, 0.2) is 83.5 Å². The zero-order valence-corrected chi connectivity index (χ0v) is 23.9. The Labute approximate surface area is 237 Å². The molecule has 4 rings (SSSR count). The molecular weight excluding hydrogens is 558 g/mol. The summed E-state index contributed by atoms with van der Waals surface area (Å²) in [6, 6.07) is 23.1. The van der Waals surface area contributed by atoms with E-state index >= 15 is 0 Å². The van der Waals surface area contributed by atoms with Crippen LogP contribution >= 0.6 is 15.9 Å². The van der Waals surface area contributed by atoms with Gasteiger partial charge in [0.25, 0.3) is 5.91 Å². The number of ether oxygens (including phenoxy) is 2. The molecule has 1 aromatic heterocycles. The lowest BCUT2D eigenvalue weighted by atomic mass is 10.1. The zero-order chi connectivity index (χ0) is 27.6. The summed E-state index contributed by atoms with van der Waals surface area (Å²) in [5.74, 6) is 0.426. The Balaban J connectivity index is 1.56. The van der Waals surface area contributed by atoms with Crippen molar-refractivity contribution in [3.63, 3.8) is 0 Å². The number of nitrogens with zero attached hydrogens (tertiary/aromatic N) is 2. The number of methoxy groups -OCH3 is 2. The Morgan fingerprint density at radius 1 is 0.872 bits per heavy atom. The first-order valence-electron chi connectivity index (χ1n) is 13.0. The molecule has 0 saturated carbocycles. The summed E-state index contributed by atoms with van der Waals surface area (Å²) >= 11 is 3.42. The Kier molecular flexibility index (Phi) is 10.2. The summed E-state index contributed by atoms with van der Waals surface area (Å²) in [6.45, 7) is 1.77. The van der Waals surface area contributed by atoms with Gasteiger partial charge in [-0.2, -0.15) is 0 Å². The Morgan fingerprint density at radius 2 is 1.62 bits per heavy atom. The molecule has 204 valence electrons. The summed E-state index contributed by atoms with van der Waals surface area (Å²) in [7, 11) is 3.26. The molecule has 0 aliphatic heterocycles. The average molecular weight is 593 g/mol. The van der Waals surface area contributed by atoms with Gasteiger partial charge in [-0.25, -0.2) is 0 Å². The van der Waals surface area contributed by atoms with Gasteiger partial charge in [0.15, 0.2) is 0 Å². The number of halogens is 1. The highest BCUT2D eigenvalue weighted by Gasteiger charge is 2.23. The average Bonchev–Trinajstić information content (AvgIpc) is 3.38. The van der Waals surface area contributed by atoms with Crippen LogP contribution in [0.25, 0.3) is 10.9 Å². The summed E-state index contributed by atoms with van der Waals surface area (Å²) in [5.41, 5.74) is 3.67. The normalized spacial score (nSPS) is 10.9. The van der Waals surface area contributed by atoms with Gasteiger partial charge in [-0.05, 0) is 54.8 Å². The topological polar surface area (TPSA) is 74.9 Å². The first-order chi connectivity index (χ1) is 19.0. The molecule has 39 heavy (non-hydrogen) atoms.